The van der Waals surface area contributed by atoms with Gasteiger partial charge in [0.2, 0.25) is 10.0 Å². The standard InChI is InChI=1S/C13H16N2O5S/c1-2-19-13(16)7-10-21(17,18)15-11-5-3-4-6-12(11)20-9-8-14/h3-6,15H,2,7,9-10H2,1H3. The quantitative estimate of drug-likeness (QED) is 0.725. The van der Waals surface area contributed by atoms with Gasteiger partial charge in [-0.05, 0) is 19.1 Å². The van der Waals surface area contributed by atoms with E-state index in [4.69, 9.17) is 10.00 Å². The molecular weight excluding hydrogens is 296 g/mol. The molecule has 0 heterocycles. The number of esters is 1. The molecule has 0 fully saturated rings. The molecule has 7 nitrogen and oxygen atoms in total. The van der Waals surface area contributed by atoms with Gasteiger partial charge in [-0.3, -0.25) is 9.52 Å². The zero-order valence-electron chi connectivity index (χ0n) is 11.5. The highest BCUT2D eigenvalue weighted by Gasteiger charge is 2.16. The fraction of sp³-hybridized carbons (Fsp3) is 0.385. The second-order valence-electron chi connectivity index (χ2n) is 3.92. The van der Waals surface area contributed by atoms with Gasteiger partial charge in [0.05, 0.1) is 24.5 Å². The van der Waals surface area contributed by atoms with E-state index in [0.29, 0.717) is 0 Å². The molecule has 0 aliphatic carbocycles. The molecular formula is C13H16N2O5S. The highest BCUT2D eigenvalue weighted by atomic mass is 32.2. The summed E-state index contributed by atoms with van der Waals surface area (Å²) in [6.07, 6.45) is -0.232. The lowest BCUT2D eigenvalue weighted by atomic mass is 10.3. The molecule has 0 saturated carbocycles. The first kappa shape index (κ1) is 16.8. The molecule has 0 unspecified atom stereocenters. The third-order valence-corrected chi connectivity index (χ3v) is 3.60. The molecule has 0 aliphatic rings. The van der Waals surface area contributed by atoms with Gasteiger partial charge in [0.15, 0.2) is 6.61 Å². The fourth-order valence-electron chi connectivity index (χ4n) is 1.46. The Hall–Kier alpha value is -2.27. The zero-order chi connectivity index (χ0) is 15.7. The van der Waals surface area contributed by atoms with Crippen LogP contribution in [0, 0.1) is 11.3 Å². The van der Waals surface area contributed by atoms with Gasteiger partial charge in [-0.15, -0.1) is 0 Å². The maximum Gasteiger partial charge on any atom is 0.306 e. The first-order chi connectivity index (χ1) is 9.98. The summed E-state index contributed by atoms with van der Waals surface area (Å²) >= 11 is 0. The number of sulfonamides is 1. The molecule has 0 amide bonds. The topological polar surface area (TPSA) is 105 Å². The molecule has 1 N–H and O–H groups in total. The molecule has 21 heavy (non-hydrogen) atoms. The minimum atomic E-state index is -3.71. The molecule has 0 aromatic heterocycles. The number of hydrogen-bond donors (Lipinski definition) is 1. The van der Waals surface area contributed by atoms with E-state index in [-0.39, 0.29) is 31.1 Å². The summed E-state index contributed by atoms with van der Waals surface area (Å²) in [5.74, 6) is -0.714. The van der Waals surface area contributed by atoms with Crippen molar-refractivity contribution in [3.05, 3.63) is 24.3 Å². The first-order valence-electron chi connectivity index (χ1n) is 6.23. The lowest BCUT2D eigenvalue weighted by Crippen LogP contribution is -2.20. The number of benzene rings is 1. The summed E-state index contributed by atoms with van der Waals surface area (Å²) in [4.78, 5) is 11.2. The van der Waals surface area contributed by atoms with E-state index in [1.807, 2.05) is 0 Å². The van der Waals surface area contributed by atoms with Crippen molar-refractivity contribution < 1.29 is 22.7 Å². The molecule has 8 heteroatoms. The highest BCUT2D eigenvalue weighted by molar-refractivity contribution is 7.92. The number of nitrogens with zero attached hydrogens (tertiary/aromatic N) is 1. The fourth-order valence-corrected chi connectivity index (χ4v) is 2.50. The number of carbonyl (C=O) groups is 1. The van der Waals surface area contributed by atoms with E-state index in [1.165, 1.54) is 6.07 Å². The number of para-hydroxylation sites is 2. The Morgan fingerprint density at radius 3 is 2.76 bits per heavy atom. The van der Waals surface area contributed by atoms with Crippen molar-refractivity contribution in [3.63, 3.8) is 0 Å². The van der Waals surface area contributed by atoms with Gasteiger partial charge in [0.1, 0.15) is 11.8 Å². The number of nitriles is 1. The number of carbonyl (C=O) groups excluding carboxylic acids is 1. The lowest BCUT2D eigenvalue weighted by Gasteiger charge is -2.11. The maximum absolute atomic E-state index is 11.9. The molecule has 114 valence electrons. The Balaban J connectivity index is 2.71. The zero-order valence-corrected chi connectivity index (χ0v) is 12.4. The van der Waals surface area contributed by atoms with Gasteiger partial charge in [0, 0.05) is 0 Å². The van der Waals surface area contributed by atoms with Gasteiger partial charge in [0.25, 0.3) is 0 Å². The predicted molar refractivity (Wildman–Crippen MR) is 76.2 cm³/mol. The molecule has 0 bridgehead atoms. The van der Waals surface area contributed by atoms with Gasteiger partial charge in [-0.1, -0.05) is 12.1 Å². The van der Waals surface area contributed by atoms with E-state index < -0.39 is 21.7 Å². The van der Waals surface area contributed by atoms with Crippen LogP contribution in [0.4, 0.5) is 5.69 Å². The van der Waals surface area contributed by atoms with Crippen LogP contribution < -0.4 is 9.46 Å². The molecule has 1 aromatic carbocycles. The molecule has 0 aliphatic heterocycles. The highest BCUT2D eigenvalue weighted by Crippen LogP contribution is 2.24. The summed E-state index contributed by atoms with van der Waals surface area (Å²) in [5.41, 5.74) is 0.219. The van der Waals surface area contributed by atoms with Crippen molar-refractivity contribution in [2.45, 2.75) is 13.3 Å². The Labute approximate surface area is 123 Å². The summed E-state index contributed by atoms with van der Waals surface area (Å²) < 4.78 is 35.9. The van der Waals surface area contributed by atoms with Crippen LogP contribution in [0.15, 0.2) is 24.3 Å². The van der Waals surface area contributed by atoms with E-state index in [1.54, 1.807) is 31.2 Å². The molecule has 0 spiro atoms. The summed E-state index contributed by atoms with van der Waals surface area (Å²) in [6.45, 7) is 1.66. The Kier molecular flexibility index (Phi) is 6.49. The monoisotopic (exact) mass is 312 g/mol. The Bertz CT molecular complexity index is 622. The number of nitrogens with one attached hydrogen (secondary N) is 1. The van der Waals surface area contributed by atoms with Crippen molar-refractivity contribution in [2.75, 3.05) is 23.7 Å². The van der Waals surface area contributed by atoms with E-state index >= 15 is 0 Å². The first-order valence-corrected chi connectivity index (χ1v) is 7.88. The SMILES string of the molecule is CCOC(=O)CCS(=O)(=O)Nc1ccccc1OCC#N. The molecule has 0 saturated heterocycles. The summed E-state index contributed by atoms with van der Waals surface area (Å²) in [7, 11) is -3.71. The van der Waals surface area contributed by atoms with Gasteiger partial charge in [-0.25, -0.2) is 8.42 Å². The van der Waals surface area contributed by atoms with E-state index in [9.17, 15) is 13.2 Å². The van der Waals surface area contributed by atoms with Gasteiger partial charge >= 0.3 is 5.97 Å². The Morgan fingerprint density at radius 2 is 2.10 bits per heavy atom. The van der Waals surface area contributed by atoms with Crippen molar-refractivity contribution >= 4 is 21.7 Å². The van der Waals surface area contributed by atoms with Crippen molar-refractivity contribution in [3.8, 4) is 11.8 Å². The minimum absolute atomic E-state index is 0.193. The maximum atomic E-state index is 11.9. The van der Waals surface area contributed by atoms with Crippen LogP contribution in [0.25, 0.3) is 0 Å². The van der Waals surface area contributed by atoms with E-state index in [0.717, 1.165) is 0 Å². The summed E-state index contributed by atoms with van der Waals surface area (Å²) in [6, 6.07) is 8.13. The number of anilines is 1. The smallest absolute Gasteiger partial charge is 0.306 e. The molecule has 1 aromatic rings. The largest absolute Gasteiger partial charge is 0.477 e. The third-order valence-electron chi connectivity index (χ3n) is 2.32. The lowest BCUT2D eigenvalue weighted by molar-refractivity contribution is -0.142. The van der Waals surface area contributed by atoms with Crippen LogP contribution in [0.3, 0.4) is 0 Å². The third kappa shape index (κ3) is 6.14. The number of ether oxygens (including phenoxy) is 2. The van der Waals surface area contributed by atoms with Crippen LogP contribution in [0.5, 0.6) is 5.75 Å². The van der Waals surface area contributed by atoms with Crippen LogP contribution in [0.2, 0.25) is 0 Å². The van der Waals surface area contributed by atoms with Crippen LogP contribution in [0.1, 0.15) is 13.3 Å². The predicted octanol–water partition coefficient (Wildman–Crippen LogP) is 1.28. The average molecular weight is 312 g/mol. The Morgan fingerprint density at radius 1 is 1.38 bits per heavy atom. The molecule has 0 radical (unpaired) electrons. The number of rotatable bonds is 8. The second kappa shape index (κ2) is 8.11. The van der Waals surface area contributed by atoms with Crippen LogP contribution in [-0.4, -0.2) is 33.4 Å². The van der Waals surface area contributed by atoms with Crippen LogP contribution in [-0.2, 0) is 19.6 Å². The number of hydrogen-bond acceptors (Lipinski definition) is 6. The van der Waals surface area contributed by atoms with Gasteiger partial charge in [-0.2, -0.15) is 5.26 Å². The van der Waals surface area contributed by atoms with Crippen molar-refractivity contribution in [1.82, 2.24) is 0 Å². The molecule has 0 atom stereocenters. The molecule has 1 rings (SSSR count). The van der Waals surface area contributed by atoms with Crippen molar-refractivity contribution in [1.29, 1.82) is 5.26 Å². The van der Waals surface area contributed by atoms with E-state index in [2.05, 4.69) is 9.46 Å². The van der Waals surface area contributed by atoms with Crippen LogP contribution >= 0.6 is 0 Å². The van der Waals surface area contributed by atoms with Gasteiger partial charge < -0.3 is 9.47 Å². The normalized spacial score (nSPS) is 10.5. The minimum Gasteiger partial charge on any atom is -0.477 e. The second-order valence-corrected chi connectivity index (χ2v) is 5.76. The summed E-state index contributed by atoms with van der Waals surface area (Å²) in [5, 5.41) is 8.48. The average Bonchev–Trinajstić information content (AvgIpc) is 2.44. The van der Waals surface area contributed by atoms with Crippen molar-refractivity contribution in [2.24, 2.45) is 0 Å².